The van der Waals surface area contributed by atoms with Crippen LogP contribution < -0.4 is 0 Å². The molecule has 7 heavy (non-hydrogen) atoms. The van der Waals surface area contributed by atoms with E-state index in [-0.39, 0.29) is 12.4 Å². The molecular formula is C2H3ClN4. The number of hydrogen-bond acceptors (Lipinski definition) is 4. The second-order valence-corrected chi connectivity index (χ2v) is 0.693. The minimum absolute atomic E-state index is 0. The summed E-state index contributed by atoms with van der Waals surface area (Å²) in [5, 5.41) is 13.4. The van der Waals surface area contributed by atoms with Crippen molar-refractivity contribution in [2.24, 2.45) is 0 Å². The molecule has 0 amide bonds. The first-order chi connectivity index (χ1) is 3.00. The zero-order valence-electron chi connectivity index (χ0n) is 3.35. The summed E-state index contributed by atoms with van der Waals surface area (Å²) >= 11 is 0. The minimum Gasteiger partial charge on any atom is -0.147 e. The molecule has 1 aromatic rings. The first-order valence-corrected chi connectivity index (χ1v) is 1.43. The van der Waals surface area contributed by atoms with Crippen LogP contribution in [0.3, 0.4) is 0 Å². The second-order valence-electron chi connectivity index (χ2n) is 0.693. The SMILES string of the molecule is Cl.c1nncnn1. The average molecular weight is 119 g/mol. The molecule has 1 heterocycles. The van der Waals surface area contributed by atoms with E-state index in [4.69, 9.17) is 0 Å². The van der Waals surface area contributed by atoms with E-state index in [1.165, 1.54) is 12.7 Å². The van der Waals surface area contributed by atoms with Crippen LogP contribution in [0.1, 0.15) is 0 Å². The Morgan fingerprint density at radius 3 is 1.14 bits per heavy atom. The molecule has 0 aliphatic carbocycles. The van der Waals surface area contributed by atoms with Crippen molar-refractivity contribution < 1.29 is 0 Å². The standard InChI is InChI=1S/C2H2N4.ClH/c1-3-5-2-6-4-1;/h1-2H;1H. The summed E-state index contributed by atoms with van der Waals surface area (Å²) in [4.78, 5) is 0. The van der Waals surface area contributed by atoms with Crippen molar-refractivity contribution in [3.8, 4) is 0 Å². The van der Waals surface area contributed by atoms with Crippen LogP contribution in [0.15, 0.2) is 12.7 Å². The second kappa shape index (κ2) is 3.42. The van der Waals surface area contributed by atoms with Crippen molar-refractivity contribution in [2.45, 2.75) is 0 Å². The van der Waals surface area contributed by atoms with Crippen molar-refractivity contribution in [1.82, 2.24) is 20.4 Å². The van der Waals surface area contributed by atoms with Gasteiger partial charge in [-0.05, 0) is 0 Å². The maximum absolute atomic E-state index is 3.36. The molecular weight excluding hydrogens is 116 g/mol. The number of aromatic nitrogens is 4. The van der Waals surface area contributed by atoms with Crippen LogP contribution in [0.4, 0.5) is 0 Å². The zero-order valence-corrected chi connectivity index (χ0v) is 4.17. The number of nitrogens with zero attached hydrogens (tertiary/aromatic N) is 4. The lowest BCUT2D eigenvalue weighted by atomic mass is 11.3. The largest absolute Gasteiger partial charge is 0.160 e. The molecule has 38 valence electrons. The lowest BCUT2D eigenvalue weighted by Crippen LogP contribution is -1.81. The zero-order chi connectivity index (χ0) is 4.24. The molecule has 1 rings (SSSR count). The van der Waals surface area contributed by atoms with Crippen LogP contribution in [0.2, 0.25) is 0 Å². The highest BCUT2D eigenvalue weighted by Gasteiger charge is 1.61. The van der Waals surface area contributed by atoms with E-state index < -0.39 is 0 Å². The van der Waals surface area contributed by atoms with Gasteiger partial charge in [-0.2, -0.15) is 0 Å². The molecule has 1 aromatic heterocycles. The normalized spacial score (nSPS) is 6.86. The fourth-order valence-electron chi connectivity index (χ4n) is 0.165. The fraction of sp³-hybridized carbons (Fsp3) is 0. The summed E-state index contributed by atoms with van der Waals surface area (Å²) in [6.45, 7) is 0. The van der Waals surface area contributed by atoms with Gasteiger partial charge in [0.15, 0.2) is 12.7 Å². The van der Waals surface area contributed by atoms with Crippen molar-refractivity contribution in [3.63, 3.8) is 0 Å². The summed E-state index contributed by atoms with van der Waals surface area (Å²) in [5.41, 5.74) is 0. The fourth-order valence-corrected chi connectivity index (χ4v) is 0.165. The van der Waals surface area contributed by atoms with Gasteiger partial charge in [-0.25, -0.2) is 0 Å². The predicted molar refractivity (Wildman–Crippen MR) is 24.9 cm³/mol. The van der Waals surface area contributed by atoms with Gasteiger partial charge in [0.1, 0.15) is 0 Å². The van der Waals surface area contributed by atoms with Crippen LogP contribution >= 0.6 is 12.4 Å². The van der Waals surface area contributed by atoms with Gasteiger partial charge in [-0.15, -0.1) is 32.8 Å². The molecule has 0 aliphatic rings. The highest BCUT2D eigenvalue weighted by atomic mass is 35.5. The Morgan fingerprint density at radius 1 is 0.714 bits per heavy atom. The van der Waals surface area contributed by atoms with Gasteiger partial charge in [0.05, 0.1) is 0 Å². The molecule has 0 fully saturated rings. The summed E-state index contributed by atoms with van der Waals surface area (Å²) in [7, 11) is 0. The number of rotatable bonds is 0. The quantitative estimate of drug-likeness (QED) is 0.469. The van der Waals surface area contributed by atoms with E-state index in [1.54, 1.807) is 0 Å². The Kier molecular flexibility index (Phi) is 3.04. The van der Waals surface area contributed by atoms with Crippen LogP contribution in [0.5, 0.6) is 0 Å². The van der Waals surface area contributed by atoms with Gasteiger partial charge in [0.25, 0.3) is 0 Å². The number of halogens is 1. The van der Waals surface area contributed by atoms with E-state index in [2.05, 4.69) is 20.4 Å². The summed E-state index contributed by atoms with van der Waals surface area (Å²) in [5.74, 6) is 0. The average Bonchev–Trinajstić information content (AvgIpc) is 1.72. The molecule has 0 aromatic carbocycles. The molecule has 0 saturated heterocycles. The van der Waals surface area contributed by atoms with Crippen molar-refractivity contribution in [3.05, 3.63) is 12.7 Å². The van der Waals surface area contributed by atoms with Crippen molar-refractivity contribution in [2.75, 3.05) is 0 Å². The van der Waals surface area contributed by atoms with Gasteiger partial charge in [-0.3, -0.25) is 0 Å². The monoisotopic (exact) mass is 118 g/mol. The lowest BCUT2D eigenvalue weighted by molar-refractivity contribution is 0.853. The minimum atomic E-state index is 0. The smallest absolute Gasteiger partial charge is 0.147 e. The van der Waals surface area contributed by atoms with E-state index in [0.29, 0.717) is 0 Å². The molecule has 0 spiro atoms. The van der Waals surface area contributed by atoms with E-state index >= 15 is 0 Å². The first-order valence-electron chi connectivity index (χ1n) is 1.43. The van der Waals surface area contributed by atoms with Gasteiger partial charge >= 0.3 is 0 Å². The molecule has 0 unspecified atom stereocenters. The van der Waals surface area contributed by atoms with Crippen molar-refractivity contribution in [1.29, 1.82) is 0 Å². The lowest BCUT2D eigenvalue weighted by Gasteiger charge is -1.68. The van der Waals surface area contributed by atoms with E-state index in [1.807, 2.05) is 0 Å². The molecule has 0 aliphatic heterocycles. The summed E-state index contributed by atoms with van der Waals surface area (Å²) in [6.07, 6.45) is 2.56. The maximum Gasteiger partial charge on any atom is 0.160 e. The molecule has 0 atom stereocenters. The third-order valence-corrected chi connectivity index (χ3v) is 0.340. The van der Waals surface area contributed by atoms with E-state index in [9.17, 15) is 0 Å². The molecule has 4 nitrogen and oxygen atoms in total. The summed E-state index contributed by atoms with van der Waals surface area (Å²) in [6, 6.07) is 0. The Morgan fingerprint density at radius 2 is 1.00 bits per heavy atom. The Labute approximate surface area is 46.4 Å². The molecule has 0 N–H and O–H groups in total. The highest BCUT2D eigenvalue weighted by Crippen LogP contribution is 1.50. The summed E-state index contributed by atoms with van der Waals surface area (Å²) < 4.78 is 0. The first kappa shape index (κ1) is 6.23. The topological polar surface area (TPSA) is 51.6 Å². The van der Waals surface area contributed by atoms with Crippen LogP contribution in [0.25, 0.3) is 0 Å². The van der Waals surface area contributed by atoms with Gasteiger partial charge < -0.3 is 0 Å². The molecule has 0 saturated carbocycles. The third kappa shape index (κ3) is 1.99. The third-order valence-electron chi connectivity index (χ3n) is 0.340. The number of hydrogen-bond donors (Lipinski definition) is 0. The van der Waals surface area contributed by atoms with Crippen molar-refractivity contribution >= 4 is 12.4 Å². The van der Waals surface area contributed by atoms with Crippen LogP contribution in [-0.4, -0.2) is 20.4 Å². The Bertz CT molecular complexity index is 81.6. The maximum atomic E-state index is 3.36. The molecule has 0 bridgehead atoms. The molecule has 0 radical (unpaired) electrons. The Balaban J connectivity index is 0.000000360. The van der Waals surface area contributed by atoms with Gasteiger partial charge in [0.2, 0.25) is 0 Å². The predicted octanol–water partition coefficient (Wildman–Crippen LogP) is -0.312. The highest BCUT2D eigenvalue weighted by molar-refractivity contribution is 5.85. The van der Waals surface area contributed by atoms with Crippen LogP contribution in [0, 0.1) is 0 Å². The Hall–Kier alpha value is -0.770. The van der Waals surface area contributed by atoms with E-state index in [0.717, 1.165) is 0 Å². The van der Waals surface area contributed by atoms with Gasteiger partial charge in [-0.1, -0.05) is 0 Å². The van der Waals surface area contributed by atoms with Crippen LogP contribution in [-0.2, 0) is 0 Å². The van der Waals surface area contributed by atoms with Gasteiger partial charge in [0, 0.05) is 0 Å². The molecule has 5 heteroatoms.